The summed E-state index contributed by atoms with van der Waals surface area (Å²) in [6.07, 6.45) is 1.54. The molecule has 0 aliphatic rings. The highest BCUT2D eigenvalue weighted by Crippen LogP contribution is 2.27. The average molecular weight is 410 g/mol. The fourth-order valence-electron chi connectivity index (χ4n) is 2.55. The lowest BCUT2D eigenvalue weighted by Crippen LogP contribution is -2.21. The van der Waals surface area contributed by atoms with E-state index in [-0.39, 0.29) is 23.2 Å². The summed E-state index contributed by atoms with van der Waals surface area (Å²) in [4.78, 5) is 28.8. The SMILES string of the molecule is COc1ccccc1Nc1ncccc1C(=O)OCC(=O)Nc1cc(C(C)C)no1. The Morgan fingerprint density at radius 2 is 1.97 bits per heavy atom. The van der Waals surface area contributed by atoms with Crippen molar-refractivity contribution in [3.8, 4) is 5.75 Å². The Morgan fingerprint density at radius 3 is 2.70 bits per heavy atom. The summed E-state index contributed by atoms with van der Waals surface area (Å²) in [5.41, 5.74) is 1.53. The molecule has 0 saturated heterocycles. The molecule has 0 atom stereocenters. The molecule has 0 saturated carbocycles. The highest BCUT2D eigenvalue weighted by molar-refractivity contribution is 5.98. The van der Waals surface area contributed by atoms with E-state index in [0.717, 1.165) is 0 Å². The summed E-state index contributed by atoms with van der Waals surface area (Å²) in [5, 5.41) is 9.41. The number of methoxy groups -OCH3 is 1. The molecule has 0 spiro atoms. The van der Waals surface area contributed by atoms with Gasteiger partial charge in [0.2, 0.25) is 5.88 Å². The van der Waals surface area contributed by atoms with Crippen LogP contribution in [0.25, 0.3) is 0 Å². The first-order valence-corrected chi connectivity index (χ1v) is 9.26. The quantitative estimate of drug-likeness (QED) is 0.540. The number of pyridine rings is 1. The lowest BCUT2D eigenvalue weighted by atomic mass is 10.1. The van der Waals surface area contributed by atoms with Gasteiger partial charge in [-0.3, -0.25) is 10.1 Å². The Balaban J connectivity index is 1.63. The Morgan fingerprint density at radius 1 is 1.17 bits per heavy atom. The first-order valence-electron chi connectivity index (χ1n) is 9.26. The van der Waals surface area contributed by atoms with Gasteiger partial charge in [0.05, 0.1) is 18.5 Å². The van der Waals surface area contributed by atoms with Gasteiger partial charge in [-0.2, -0.15) is 0 Å². The molecule has 1 amide bonds. The van der Waals surface area contributed by atoms with E-state index in [1.54, 1.807) is 37.4 Å². The molecule has 9 heteroatoms. The number of nitrogens with one attached hydrogen (secondary N) is 2. The zero-order valence-corrected chi connectivity index (χ0v) is 16.8. The van der Waals surface area contributed by atoms with Gasteiger partial charge in [-0.25, -0.2) is 9.78 Å². The number of anilines is 3. The summed E-state index contributed by atoms with van der Waals surface area (Å²) >= 11 is 0. The van der Waals surface area contributed by atoms with Crippen LogP contribution < -0.4 is 15.4 Å². The number of esters is 1. The summed E-state index contributed by atoms with van der Waals surface area (Å²) in [5.74, 6) is -0.00969. The number of nitrogens with zero attached hydrogens (tertiary/aromatic N) is 2. The third-order valence-corrected chi connectivity index (χ3v) is 4.10. The molecule has 156 valence electrons. The van der Waals surface area contributed by atoms with Gasteiger partial charge in [-0.1, -0.05) is 31.1 Å². The second-order valence-electron chi connectivity index (χ2n) is 6.62. The molecule has 2 aromatic heterocycles. The number of benzene rings is 1. The van der Waals surface area contributed by atoms with E-state index in [1.165, 1.54) is 6.20 Å². The lowest BCUT2D eigenvalue weighted by Gasteiger charge is -2.13. The van der Waals surface area contributed by atoms with Crippen LogP contribution >= 0.6 is 0 Å². The minimum absolute atomic E-state index is 0.164. The van der Waals surface area contributed by atoms with Gasteiger partial charge in [-0.05, 0) is 30.2 Å². The molecule has 0 fully saturated rings. The number of amides is 1. The highest BCUT2D eigenvalue weighted by atomic mass is 16.5. The van der Waals surface area contributed by atoms with Crippen molar-refractivity contribution in [3.63, 3.8) is 0 Å². The topological polar surface area (TPSA) is 116 Å². The molecule has 1 aromatic carbocycles. The molecule has 3 aromatic rings. The Kier molecular flexibility index (Phi) is 6.63. The van der Waals surface area contributed by atoms with Crippen LogP contribution in [0.2, 0.25) is 0 Å². The van der Waals surface area contributed by atoms with Gasteiger partial charge in [0.1, 0.15) is 17.1 Å². The van der Waals surface area contributed by atoms with Crippen LogP contribution in [0, 0.1) is 0 Å². The van der Waals surface area contributed by atoms with E-state index < -0.39 is 18.5 Å². The normalized spacial score (nSPS) is 10.5. The fourth-order valence-corrected chi connectivity index (χ4v) is 2.55. The first kappa shape index (κ1) is 20.8. The predicted molar refractivity (Wildman–Crippen MR) is 110 cm³/mol. The van der Waals surface area contributed by atoms with Crippen molar-refractivity contribution in [3.05, 3.63) is 59.9 Å². The molecule has 30 heavy (non-hydrogen) atoms. The van der Waals surface area contributed by atoms with Crippen LogP contribution in [0.1, 0.15) is 35.8 Å². The van der Waals surface area contributed by atoms with Crippen molar-refractivity contribution in [2.45, 2.75) is 19.8 Å². The zero-order chi connectivity index (χ0) is 21.5. The molecule has 9 nitrogen and oxygen atoms in total. The number of hydrogen-bond acceptors (Lipinski definition) is 8. The fraction of sp³-hybridized carbons (Fsp3) is 0.238. The van der Waals surface area contributed by atoms with Gasteiger partial charge in [0, 0.05) is 12.3 Å². The smallest absolute Gasteiger partial charge is 0.342 e. The van der Waals surface area contributed by atoms with Crippen molar-refractivity contribution in [1.82, 2.24) is 10.1 Å². The van der Waals surface area contributed by atoms with E-state index >= 15 is 0 Å². The number of hydrogen-bond donors (Lipinski definition) is 2. The lowest BCUT2D eigenvalue weighted by molar-refractivity contribution is -0.119. The maximum atomic E-state index is 12.5. The number of carbonyl (C=O) groups is 2. The molecule has 0 aliphatic carbocycles. The monoisotopic (exact) mass is 410 g/mol. The molecular formula is C21H22N4O5. The van der Waals surface area contributed by atoms with Crippen molar-refractivity contribution >= 4 is 29.3 Å². The third kappa shape index (κ3) is 5.13. The van der Waals surface area contributed by atoms with Crippen LogP contribution in [0.15, 0.2) is 53.2 Å². The number of carbonyl (C=O) groups excluding carboxylic acids is 2. The standard InChI is InChI=1S/C21H22N4O5/c1-13(2)16-11-19(30-25-16)24-18(26)12-29-21(27)14-7-6-10-22-20(14)23-15-8-4-5-9-17(15)28-3/h4-11,13H,12H2,1-3H3,(H,22,23)(H,24,26). The molecule has 0 unspecified atom stereocenters. The minimum Gasteiger partial charge on any atom is -0.495 e. The number of aromatic nitrogens is 2. The maximum absolute atomic E-state index is 12.5. The van der Waals surface area contributed by atoms with E-state index in [2.05, 4.69) is 20.8 Å². The summed E-state index contributed by atoms with van der Waals surface area (Å²) in [7, 11) is 1.55. The van der Waals surface area contributed by atoms with Crippen LogP contribution in [0.5, 0.6) is 5.75 Å². The predicted octanol–water partition coefficient (Wildman–Crippen LogP) is 3.74. The first-order chi connectivity index (χ1) is 14.5. The van der Waals surface area contributed by atoms with Crippen molar-refractivity contribution in [2.24, 2.45) is 0 Å². The van der Waals surface area contributed by atoms with Crippen LogP contribution in [-0.4, -0.2) is 35.7 Å². The van der Waals surface area contributed by atoms with Crippen LogP contribution in [-0.2, 0) is 9.53 Å². The summed E-state index contributed by atoms with van der Waals surface area (Å²) < 4.78 is 15.5. The van der Waals surface area contributed by atoms with Gasteiger partial charge < -0.3 is 19.3 Å². The van der Waals surface area contributed by atoms with Crippen molar-refractivity contribution in [1.29, 1.82) is 0 Å². The van der Waals surface area contributed by atoms with Crippen LogP contribution in [0.4, 0.5) is 17.4 Å². The molecule has 2 heterocycles. The largest absolute Gasteiger partial charge is 0.495 e. The van der Waals surface area contributed by atoms with Crippen LogP contribution in [0.3, 0.4) is 0 Å². The van der Waals surface area contributed by atoms with Gasteiger partial charge in [-0.15, -0.1) is 0 Å². The second-order valence-corrected chi connectivity index (χ2v) is 6.62. The Labute approximate surface area is 173 Å². The third-order valence-electron chi connectivity index (χ3n) is 4.10. The average Bonchev–Trinajstić information content (AvgIpc) is 3.21. The number of rotatable bonds is 8. The Hall–Kier alpha value is -3.88. The van der Waals surface area contributed by atoms with E-state index in [9.17, 15) is 9.59 Å². The van der Waals surface area contributed by atoms with Gasteiger partial charge in [0.15, 0.2) is 6.61 Å². The van der Waals surface area contributed by atoms with Crippen molar-refractivity contribution < 1.29 is 23.6 Å². The molecular weight excluding hydrogens is 388 g/mol. The van der Waals surface area contributed by atoms with Crippen molar-refractivity contribution in [2.75, 3.05) is 24.4 Å². The number of ether oxygens (including phenoxy) is 2. The van der Waals surface area contributed by atoms with E-state index in [0.29, 0.717) is 17.1 Å². The number of para-hydroxylation sites is 2. The minimum atomic E-state index is -0.698. The second kappa shape index (κ2) is 9.55. The summed E-state index contributed by atoms with van der Waals surface area (Å²) in [6.45, 7) is 3.42. The van der Waals surface area contributed by atoms with Gasteiger partial charge >= 0.3 is 5.97 Å². The Bertz CT molecular complexity index is 1030. The maximum Gasteiger partial charge on any atom is 0.342 e. The summed E-state index contributed by atoms with van der Waals surface area (Å²) in [6, 6.07) is 12.0. The molecule has 0 aliphatic heterocycles. The van der Waals surface area contributed by atoms with Gasteiger partial charge in [0.25, 0.3) is 5.91 Å². The molecule has 2 N–H and O–H groups in total. The molecule has 0 bridgehead atoms. The van der Waals surface area contributed by atoms with E-state index in [1.807, 2.05) is 26.0 Å². The highest BCUT2D eigenvalue weighted by Gasteiger charge is 2.17. The zero-order valence-electron chi connectivity index (χ0n) is 16.8. The molecule has 0 radical (unpaired) electrons. The molecule has 3 rings (SSSR count). The van der Waals surface area contributed by atoms with E-state index in [4.69, 9.17) is 14.0 Å².